The van der Waals surface area contributed by atoms with E-state index in [0.29, 0.717) is 0 Å². The van der Waals surface area contributed by atoms with Crippen molar-refractivity contribution in [1.29, 1.82) is 5.26 Å². The van der Waals surface area contributed by atoms with Gasteiger partial charge in [-0.05, 0) is 17.7 Å². The number of hydrogen-bond acceptors (Lipinski definition) is 3. The van der Waals surface area contributed by atoms with Crippen LogP contribution in [0.2, 0.25) is 0 Å². The van der Waals surface area contributed by atoms with Gasteiger partial charge in [-0.2, -0.15) is 5.26 Å². The highest BCUT2D eigenvalue weighted by atomic mass is 15.1. The molecular weight excluding hydrogens is 162 g/mol. The molecule has 3 N–H and O–H groups in total. The summed E-state index contributed by atoms with van der Waals surface area (Å²) in [7, 11) is 0. The summed E-state index contributed by atoms with van der Waals surface area (Å²) >= 11 is 0. The Kier molecular flexibility index (Phi) is 1.57. The van der Waals surface area contributed by atoms with E-state index in [1.807, 2.05) is 36.4 Å². The second-order valence-electron chi connectivity index (χ2n) is 3.03. The predicted molar refractivity (Wildman–Crippen MR) is 51.6 cm³/mol. The number of rotatable bonds is 0. The Morgan fingerprint density at radius 3 is 2.92 bits per heavy atom. The van der Waals surface area contributed by atoms with Crippen molar-refractivity contribution in [3.05, 3.63) is 35.9 Å². The van der Waals surface area contributed by atoms with Gasteiger partial charge in [0.2, 0.25) is 0 Å². The molecule has 1 aliphatic heterocycles. The Bertz CT molecular complexity index is 403. The van der Waals surface area contributed by atoms with E-state index in [0.717, 1.165) is 11.3 Å². The fraction of sp³-hybridized carbons (Fsp3) is 0.100. The van der Waals surface area contributed by atoms with Gasteiger partial charge in [-0.15, -0.1) is 0 Å². The van der Waals surface area contributed by atoms with Crippen LogP contribution in [0.3, 0.4) is 0 Å². The van der Waals surface area contributed by atoms with Crippen molar-refractivity contribution in [1.82, 2.24) is 0 Å². The molecule has 0 aromatic heterocycles. The number of nitrogens with zero attached hydrogens (tertiary/aromatic N) is 1. The Balaban J connectivity index is 2.46. The maximum Gasteiger partial charge on any atom is 0.195 e. The zero-order valence-electron chi connectivity index (χ0n) is 6.99. The minimum Gasteiger partial charge on any atom is -0.352 e. The topological polar surface area (TPSA) is 61.8 Å². The number of anilines is 1. The van der Waals surface area contributed by atoms with Gasteiger partial charge in [-0.25, -0.2) is 0 Å². The summed E-state index contributed by atoms with van der Waals surface area (Å²) in [6, 6.07) is 9.72. The van der Waals surface area contributed by atoms with E-state index in [-0.39, 0.29) is 0 Å². The third kappa shape index (κ3) is 1.28. The first-order valence-corrected chi connectivity index (χ1v) is 4.00. The van der Waals surface area contributed by atoms with Crippen LogP contribution in [0, 0.1) is 11.3 Å². The van der Waals surface area contributed by atoms with E-state index in [4.69, 9.17) is 11.0 Å². The van der Waals surface area contributed by atoms with Gasteiger partial charge in [-0.1, -0.05) is 24.3 Å². The predicted octanol–water partition coefficient (Wildman–Crippen LogP) is 1.30. The van der Waals surface area contributed by atoms with Crippen molar-refractivity contribution in [2.45, 2.75) is 5.66 Å². The molecule has 2 rings (SSSR count). The number of para-hydroxylation sites is 1. The van der Waals surface area contributed by atoms with Gasteiger partial charge in [0.25, 0.3) is 0 Å². The maximum atomic E-state index is 8.79. The molecule has 1 atom stereocenters. The number of fused-ring (bicyclic) bond motifs is 1. The molecule has 0 aliphatic carbocycles. The first-order chi connectivity index (χ1) is 6.23. The Hall–Kier alpha value is -1.79. The van der Waals surface area contributed by atoms with Gasteiger partial charge >= 0.3 is 0 Å². The van der Waals surface area contributed by atoms with Crippen LogP contribution in [-0.4, -0.2) is 5.66 Å². The molecule has 3 heteroatoms. The lowest BCUT2D eigenvalue weighted by atomic mass is 10.0. The van der Waals surface area contributed by atoms with Crippen LogP contribution in [0.25, 0.3) is 6.08 Å². The monoisotopic (exact) mass is 171 g/mol. The van der Waals surface area contributed by atoms with Crippen molar-refractivity contribution < 1.29 is 0 Å². The number of hydrogen-bond donors (Lipinski definition) is 2. The highest BCUT2D eigenvalue weighted by molar-refractivity contribution is 5.73. The van der Waals surface area contributed by atoms with Crippen molar-refractivity contribution in [2.24, 2.45) is 5.73 Å². The normalized spacial score (nSPS) is 24.3. The molecule has 13 heavy (non-hydrogen) atoms. The summed E-state index contributed by atoms with van der Waals surface area (Å²) in [5.41, 5.74) is 6.60. The molecule has 1 aromatic carbocycles. The summed E-state index contributed by atoms with van der Waals surface area (Å²) in [5.74, 6) is 0. The minimum atomic E-state index is -1.06. The molecule has 0 saturated heterocycles. The smallest absolute Gasteiger partial charge is 0.195 e. The SMILES string of the molecule is N#CC1(N)C=Cc2ccccc2N1. The lowest BCUT2D eigenvalue weighted by molar-refractivity contribution is 0.768. The van der Waals surface area contributed by atoms with Crippen molar-refractivity contribution in [3.63, 3.8) is 0 Å². The van der Waals surface area contributed by atoms with Crippen LogP contribution in [0.15, 0.2) is 30.3 Å². The lowest BCUT2D eigenvalue weighted by Gasteiger charge is -2.25. The van der Waals surface area contributed by atoms with Crippen molar-refractivity contribution >= 4 is 11.8 Å². The number of nitrogens with two attached hydrogens (primary N) is 1. The summed E-state index contributed by atoms with van der Waals surface area (Å²) in [5, 5.41) is 11.7. The maximum absolute atomic E-state index is 8.79. The van der Waals surface area contributed by atoms with Crippen LogP contribution in [-0.2, 0) is 0 Å². The van der Waals surface area contributed by atoms with E-state index >= 15 is 0 Å². The molecular formula is C10H9N3. The minimum absolute atomic E-state index is 0.897. The highest BCUT2D eigenvalue weighted by Gasteiger charge is 2.24. The lowest BCUT2D eigenvalue weighted by Crippen LogP contribution is -2.45. The highest BCUT2D eigenvalue weighted by Crippen LogP contribution is 2.24. The van der Waals surface area contributed by atoms with E-state index in [1.165, 1.54) is 0 Å². The van der Waals surface area contributed by atoms with Crippen LogP contribution in [0.5, 0.6) is 0 Å². The quantitative estimate of drug-likeness (QED) is 0.618. The van der Waals surface area contributed by atoms with Crippen LogP contribution >= 0.6 is 0 Å². The molecule has 1 aromatic rings. The summed E-state index contributed by atoms with van der Waals surface area (Å²) < 4.78 is 0. The van der Waals surface area contributed by atoms with Gasteiger partial charge in [0.15, 0.2) is 5.66 Å². The number of nitriles is 1. The van der Waals surface area contributed by atoms with E-state index in [1.54, 1.807) is 6.08 Å². The van der Waals surface area contributed by atoms with Crippen LogP contribution in [0.1, 0.15) is 5.56 Å². The molecule has 1 aliphatic rings. The molecule has 0 radical (unpaired) electrons. The fourth-order valence-corrected chi connectivity index (χ4v) is 1.31. The van der Waals surface area contributed by atoms with Gasteiger partial charge in [-0.3, -0.25) is 5.73 Å². The average Bonchev–Trinajstić information content (AvgIpc) is 2.18. The van der Waals surface area contributed by atoms with E-state index in [9.17, 15) is 0 Å². The second kappa shape index (κ2) is 2.61. The standard InChI is InChI=1S/C10H9N3/c11-7-10(12)6-5-8-3-1-2-4-9(8)13-10/h1-6,13H,12H2. The van der Waals surface area contributed by atoms with Crippen molar-refractivity contribution in [3.8, 4) is 6.07 Å². The van der Waals surface area contributed by atoms with Crippen molar-refractivity contribution in [2.75, 3.05) is 5.32 Å². The summed E-state index contributed by atoms with van der Waals surface area (Å²) in [6.45, 7) is 0. The van der Waals surface area contributed by atoms with Crippen LogP contribution < -0.4 is 11.1 Å². The average molecular weight is 171 g/mol. The molecule has 0 saturated carbocycles. The Morgan fingerprint density at radius 1 is 1.38 bits per heavy atom. The third-order valence-electron chi connectivity index (χ3n) is 2.01. The molecule has 3 nitrogen and oxygen atoms in total. The van der Waals surface area contributed by atoms with E-state index < -0.39 is 5.66 Å². The number of nitrogens with one attached hydrogen (secondary N) is 1. The number of benzene rings is 1. The van der Waals surface area contributed by atoms with Gasteiger partial charge in [0.1, 0.15) is 6.07 Å². The van der Waals surface area contributed by atoms with Gasteiger partial charge in [0, 0.05) is 5.69 Å². The molecule has 0 fully saturated rings. The Labute approximate surface area is 76.5 Å². The van der Waals surface area contributed by atoms with Crippen LogP contribution in [0.4, 0.5) is 5.69 Å². The van der Waals surface area contributed by atoms with Gasteiger partial charge in [0.05, 0.1) is 0 Å². The first-order valence-electron chi connectivity index (χ1n) is 4.00. The zero-order valence-corrected chi connectivity index (χ0v) is 6.99. The zero-order chi connectivity index (χ0) is 9.31. The largest absolute Gasteiger partial charge is 0.352 e. The summed E-state index contributed by atoms with van der Waals surface area (Å²) in [4.78, 5) is 0. The molecule has 1 heterocycles. The first kappa shape index (κ1) is 7.84. The summed E-state index contributed by atoms with van der Waals surface area (Å²) in [6.07, 6.45) is 3.52. The molecule has 0 bridgehead atoms. The fourth-order valence-electron chi connectivity index (χ4n) is 1.31. The third-order valence-corrected chi connectivity index (χ3v) is 2.01. The Morgan fingerprint density at radius 2 is 2.15 bits per heavy atom. The molecule has 0 spiro atoms. The second-order valence-corrected chi connectivity index (χ2v) is 3.03. The molecule has 1 unspecified atom stereocenters. The van der Waals surface area contributed by atoms with Gasteiger partial charge < -0.3 is 5.32 Å². The van der Waals surface area contributed by atoms with E-state index in [2.05, 4.69) is 5.32 Å². The molecule has 0 amide bonds. The molecule has 64 valence electrons.